The zero-order valence-corrected chi connectivity index (χ0v) is 20.6. The van der Waals surface area contributed by atoms with Gasteiger partial charge in [0, 0.05) is 25.3 Å². The molecule has 1 aliphatic rings. The lowest BCUT2D eigenvalue weighted by atomic mass is 10.1. The number of aromatic nitrogens is 4. The van der Waals surface area contributed by atoms with E-state index in [1.807, 2.05) is 43.3 Å². The SMILES string of the molecule is CN(C)c1ccc(N=Nc2ccc(C(=O)Nc3ncnc4c3ncn4[C@@H]3O[C@H](CO)[C@@H](O)[C@H]3O)cc2)cc1. The van der Waals surface area contributed by atoms with Crippen molar-refractivity contribution in [2.75, 3.05) is 30.9 Å². The van der Waals surface area contributed by atoms with E-state index in [9.17, 15) is 20.1 Å². The summed E-state index contributed by atoms with van der Waals surface area (Å²) in [7, 11) is 3.93. The van der Waals surface area contributed by atoms with Crippen molar-refractivity contribution in [3.63, 3.8) is 0 Å². The van der Waals surface area contributed by atoms with Crippen molar-refractivity contribution in [1.29, 1.82) is 0 Å². The number of nitrogens with zero attached hydrogens (tertiary/aromatic N) is 7. The van der Waals surface area contributed by atoms with Crippen molar-refractivity contribution in [3.8, 4) is 0 Å². The average Bonchev–Trinajstić information content (AvgIpc) is 3.49. The molecule has 3 heterocycles. The van der Waals surface area contributed by atoms with E-state index in [1.54, 1.807) is 24.3 Å². The summed E-state index contributed by atoms with van der Waals surface area (Å²) in [6, 6.07) is 14.2. The number of ether oxygens (including phenoxy) is 1. The van der Waals surface area contributed by atoms with Gasteiger partial charge in [0.1, 0.15) is 24.6 Å². The van der Waals surface area contributed by atoms with E-state index >= 15 is 0 Å². The number of hydrogen-bond acceptors (Lipinski definition) is 11. The predicted molar refractivity (Wildman–Crippen MR) is 138 cm³/mol. The molecule has 13 nitrogen and oxygen atoms in total. The van der Waals surface area contributed by atoms with Crippen molar-refractivity contribution < 1.29 is 24.9 Å². The van der Waals surface area contributed by atoms with E-state index in [1.165, 1.54) is 17.2 Å². The summed E-state index contributed by atoms with van der Waals surface area (Å²) < 4.78 is 6.98. The van der Waals surface area contributed by atoms with Crippen molar-refractivity contribution in [1.82, 2.24) is 19.5 Å². The summed E-state index contributed by atoms with van der Waals surface area (Å²) >= 11 is 0. The second-order valence-electron chi connectivity index (χ2n) is 8.89. The number of amides is 1. The van der Waals surface area contributed by atoms with E-state index in [-0.39, 0.29) is 17.0 Å². The lowest BCUT2D eigenvalue weighted by Crippen LogP contribution is -2.33. The number of rotatable bonds is 7. The number of aliphatic hydroxyl groups is 3. The Labute approximate surface area is 217 Å². The molecule has 1 amide bonds. The number of hydrogen-bond donors (Lipinski definition) is 4. The molecule has 4 aromatic rings. The molecule has 2 aromatic carbocycles. The van der Waals surface area contributed by atoms with Crippen LogP contribution in [0.5, 0.6) is 0 Å². The Hall–Kier alpha value is -4.30. The maximum absolute atomic E-state index is 12.9. The van der Waals surface area contributed by atoms with Crippen molar-refractivity contribution >= 4 is 40.0 Å². The molecule has 0 radical (unpaired) electrons. The smallest absolute Gasteiger partial charge is 0.256 e. The number of anilines is 2. The molecule has 38 heavy (non-hydrogen) atoms. The molecule has 0 aliphatic carbocycles. The third kappa shape index (κ3) is 4.95. The van der Waals surface area contributed by atoms with Crippen LogP contribution in [0.1, 0.15) is 16.6 Å². The minimum atomic E-state index is -1.30. The fourth-order valence-corrected chi connectivity index (χ4v) is 4.03. The van der Waals surface area contributed by atoms with Crippen molar-refractivity contribution in [2.45, 2.75) is 24.5 Å². The first-order valence-electron chi connectivity index (χ1n) is 11.8. The van der Waals surface area contributed by atoms with Crippen LogP contribution < -0.4 is 10.2 Å². The second kappa shape index (κ2) is 10.6. The molecule has 1 aliphatic heterocycles. The highest BCUT2D eigenvalue weighted by atomic mass is 16.6. The zero-order valence-electron chi connectivity index (χ0n) is 20.6. The Morgan fingerprint density at radius 2 is 1.66 bits per heavy atom. The van der Waals surface area contributed by atoms with Gasteiger partial charge in [-0.3, -0.25) is 9.36 Å². The average molecular weight is 519 g/mol. The van der Waals surface area contributed by atoms with E-state index < -0.39 is 37.1 Å². The van der Waals surface area contributed by atoms with Gasteiger partial charge in [-0.2, -0.15) is 10.2 Å². The van der Waals surface area contributed by atoms with Gasteiger partial charge in [0.2, 0.25) is 0 Å². The maximum atomic E-state index is 12.9. The summed E-state index contributed by atoms with van der Waals surface area (Å²) in [6.07, 6.45) is -1.92. The van der Waals surface area contributed by atoms with Crippen molar-refractivity contribution in [3.05, 3.63) is 66.7 Å². The summed E-state index contributed by atoms with van der Waals surface area (Å²) in [5.41, 5.74) is 3.27. The standard InChI is InChI=1S/C25H26N8O5/c1-32(2)17-9-7-16(8-10-17)31-30-15-5-3-14(4-6-15)24(37)29-22-19-23(27-12-26-22)33(13-28-19)25-21(36)20(35)18(11-34)38-25/h3-10,12-13,18,20-21,25,34-36H,11H2,1-2H3,(H,26,27,29,37)/t18-,20-,21-,25-/m1/s1. The van der Waals surface area contributed by atoms with Gasteiger partial charge in [0.05, 0.1) is 24.3 Å². The molecule has 196 valence electrons. The van der Waals surface area contributed by atoms with Crippen LogP contribution in [-0.2, 0) is 4.74 Å². The first-order valence-corrected chi connectivity index (χ1v) is 11.8. The van der Waals surface area contributed by atoms with Crippen LogP contribution in [0.3, 0.4) is 0 Å². The minimum Gasteiger partial charge on any atom is -0.394 e. The molecule has 1 fully saturated rings. The Balaban J connectivity index is 1.29. The monoisotopic (exact) mass is 518 g/mol. The summed E-state index contributed by atoms with van der Waals surface area (Å²) in [5, 5.41) is 40.9. The fourth-order valence-electron chi connectivity index (χ4n) is 4.03. The molecule has 13 heteroatoms. The molecule has 1 saturated heterocycles. The lowest BCUT2D eigenvalue weighted by Gasteiger charge is -2.16. The predicted octanol–water partition coefficient (Wildman–Crippen LogP) is 2.17. The number of benzene rings is 2. The normalized spacial score (nSPS) is 21.3. The van der Waals surface area contributed by atoms with Gasteiger partial charge in [0.15, 0.2) is 23.2 Å². The number of carbonyl (C=O) groups is 1. The van der Waals surface area contributed by atoms with Crippen LogP contribution in [0.25, 0.3) is 11.2 Å². The van der Waals surface area contributed by atoms with Gasteiger partial charge in [-0.15, -0.1) is 0 Å². The number of aliphatic hydroxyl groups excluding tert-OH is 3. The molecule has 2 aromatic heterocycles. The highest BCUT2D eigenvalue weighted by molar-refractivity contribution is 6.06. The first kappa shape index (κ1) is 25.4. The molecule has 0 saturated carbocycles. The van der Waals surface area contributed by atoms with E-state index in [0.29, 0.717) is 16.9 Å². The Morgan fingerprint density at radius 3 is 2.26 bits per heavy atom. The Bertz CT molecular complexity index is 1460. The highest BCUT2D eigenvalue weighted by Gasteiger charge is 2.44. The number of azo groups is 1. The number of fused-ring (bicyclic) bond motifs is 1. The van der Waals surface area contributed by atoms with E-state index in [0.717, 1.165) is 5.69 Å². The van der Waals surface area contributed by atoms with Crippen molar-refractivity contribution in [2.24, 2.45) is 10.2 Å². The molecule has 0 spiro atoms. The highest BCUT2D eigenvalue weighted by Crippen LogP contribution is 2.32. The molecular formula is C25H26N8O5. The van der Waals surface area contributed by atoms with Gasteiger partial charge in [-0.05, 0) is 48.5 Å². The van der Waals surface area contributed by atoms with Gasteiger partial charge >= 0.3 is 0 Å². The zero-order chi connectivity index (χ0) is 26.8. The molecule has 4 atom stereocenters. The largest absolute Gasteiger partial charge is 0.394 e. The third-order valence-corrected chi connectivity index (χ3v) is 6.16. The van der Waals surface area contributed by atoms with E-state index in [2.05, 4.69) is 30.5 Å². The summed E-state index contributed by atoms with van der Waals surface area (Å²) in [6.45, 7) is -0.457. The third-order valence-electron chi connectivity index (χ3n) is 6.16. The van der Waals surface area contributed by atoms with Crippen LogP contribution in [0.15, 0.2) is 71.4 Å². The first-order chi connectivity index (χ1) is 18.4. The lowest BCUT2D eigenvalue weighted by molar-refractivity contribution is -0.0511. The van der Waals surface area contributed by atoms with Crippen LogP contribution in [-0.4, -0.2) is 79.8 Å². The minimum absolute atomic E-state index is 0.162. The van der Waals surface area contributed by atoms with Gasteiger partial charge in [0.25, 0.3) is 5.91 Å². The van der Waals surface area contributed by atoms with Crippen LogP contribution in [0.2, 0.25) is 0 Å². The Morgan fingerprint density at radius 1 is 1.00 bits per heavy atom. The van der Waals surface area contributed by atoms with Crippen LogP contribution in [0.4, 0.5) is 22.9 Å². The van der Waals surface area contributed by atoms with Crippen LogP contribution >= 0.6 is 0 Å². The van der Waals surface area contributed by atoms with Gasteiger partial charge < -0.3 is 30.3 Å². The summed E-state index contributed by atoms with van der Waals surface area (Å²) in [4.78, 5) is 27.5. The molecule has 0 unspecified atom stereocenters. The maximum Gasteiger partial charge on any atom is 0.256 e. The molecule has 4 N–H and O–H groups in total. The fraction of sp³-hybridized carbons (Fsp3) is 0.280. The number of carbonyl (C=O) groups excluding carboxylic acids is 1. The second-order valence-corrected chi connectivity index (χ2v) is 8.89. The molecular weight excluding hydrogens is 492 g/mol. The topological polar surface area (TPSA) is 171 Å². The quantitative estimate of drug-likeness (QED) is 0.268. The van der Waals surface area contributed by atoms with E-state index in [4.69, 9.17) is 4.74 Å². The summed E-state index contributed by atoms with van der Waals surface area (Å²) in [5.74, 6) is -0.259. The molecule has 5 rings (SSSR count). The van der Waals surface area contributed by atoms with Gasteiger partial charge in [-0.1, -0.05) is 0 Å². The van der Waals surface area contributed by atoms with Gasteiger partial charge in [-0.25, -0.2) is 15.0 Å². The van der Waals surface area contributed by atoms with Crippen LogP contribution in [0, 0.1) is 0 Å². The Kier molecular flexibility index (Phi) is 7.07. The number of nitrogens with one attached hydrogen (secondary N) is 1. The number of imidazole rings is 1. The molecule has 0 bridgehead atoms.